The van der Waals surface area contributed by atoms with E-state index in [0.29, 0.717) is 5.56 Å². The molecule has 0 aliphatic heterocycles. The number of aryl methyl sites for hydroxylation is 1. The highest BCUT2D eigenvalue weighted by atomic mass is 35.5. The van der Waals surface area contributed by atoms with E-state index in [1.54, 1.807) is 0 Å². The van der Waals surface area contributed by atoms with E-state index >= 15 is 0 Å². The molecule has 0 saturated heterocycles. The summed E-state index contributed by atoms with van der Waals surface area (Å²) in [5.74, 6) is -0.0595. The Hall–Kier alpha value is -1.32. The minimum absolute atomic E-state index is 0.0319. The van der Waals surface area contributed by atoms with Crippen molar-refractivity contribution in [3.8, 4) is 0 Å². The van der Waals surface area contributed by atoms with Crippen LogP contribution in [0.3, 0.4) is 0 Å². The molecule has 1 unspecified atom stereocenters. The maximum absolute atomic E-state index is 12.0. The monoisotopic (exact) mass is 279 g/mol. The summed E-state index contributed by atoms with van der Waals surface area (Å²) in [5, 5.41) is 2.97. The minimum atomic E-state index is -0.0595. The Balaban J connectivity index is 2.08. The predicted octanol–water partition coefficient (Wildman–Crippen LogP) is 4.20. The molecular weight excluding hydrogens is 266 g/mol. The van der Waals surface area contributed by atoms with Gasteiger partial charge in [0.1, 0.15) is 0 Å². The van der Waals surface area contributed by atoms with E-state index in [0.717, 1.165) is 14.8 Å². The van der Waals surface area contributed by atoms with E-state index in [2.05, 4.69) is 5.32 Å². The van der Waals surface area contributed by atoms with Crippen molar-refractivity contribution in [2.24, 2.45) is 0 Å². The molecule has 18 heavy (non-hydrogen) atoms. The molecule has 0 bridgehead atoms. The van der Waals surface area contributed by atoms with Crippen LogP contribution in [0.5, 0.6) is 0 Å². The van der Waals surface area contributed by atoms with Gasteiger partial charge in [-0.25, -0.2) is 0 Å². The Morgan fingerprint density at radius 1 is 1.33 bits per heavy atom. The fraction of sp³-hybridized carbons (Fsp3) is 0.214. The van der Waals surface area contributed by atoms with E-state index in [9.17, 15) is 4.79 Å². The third-order valence-electron chi connectivity index (χ3n) is 2.65. The van der Waals surface area contributed by atoms with Crippen LogP contribution in [0, 0.1) is 6.92 Å². The minimum Gasteiger partial charge on any atom is -0.345 e. The predicted molar refractivity (Wildman–Crippen MR) is 76.4 cm³/mol. The van der Waals surface area contributed by atoms with Gasteiger partial charge >= 0.3 is 0 Å². The fourth-order valence-corrected chi connectivity index (χ4v) is 2.76. The van der Waals surface area contributed by atoms with Crippen LogP contribution in [0.15, 0.2) is 36.4 Å². The number of benzene rings is 1. The summed E-state index contributed by atoms with van der Waals surface area (Å²) in [6.07, 6.45) is 0. The summed E-state index contributed by atoms with van der Waals surface area (Å²) in [7, 11) is 0. The quantitative estimate of drug-likeness (QED) is 0.896. The van der Waals surface area contributed by atoms with E-state index in [-0.39, 0.29) is 11.9 Å². The molecular formula is C14H14ClNOS. The third kappa shape index (κ3) is 3.12. The molecule has 2 aromatic rings. The SMILES string of the molecule is Cc1cccc(C(=O)NC(C)c2ccc(Cl)s2)c1. The van der Waals surface area contributed by atoms with Gasteiger partial charge in [-0.15, -0.1) is 11.3 Å². The first-order chi connectivity index (χ1) is 8.56. The maximum Gasteiger partial charge on any atom is 0.251 e. The fourth-order valence-electron chi connectivity index (χ4n) is 1.70. The zero-order chi connectivity index (χ0) is 13.1. The molecule has 0 fully saturated rings. The van der Waals surface area contributed by atoms with Gasteiger partial charge < -0.3 is 5.32 Å². The highest BCUT2D eigenvalue weighted by Gasteiger charge is 2.12. The topological polar surface area (TPSA) is 29.1 Å². The largest absolute Gasteiger partial charge is 0.345 e. The van der Waals surface area contributed by atoms with Crippen molar-refractivity contribution >= 4 is 28.8 Å². The van der Waals surface area contributed by atoms with Crippen molar-refractivity contribution < 1.29 is 4.79 Å². The van der Waals surface area contributed by atoms with Crippen molar-refractivity contribution in [1.29, 1.82) is 0 Å². The summed E-state index contributed by atoms with van der Waals surface area (Å²) in [5.41, 5.74) is 1.76. The number of thiophene rings is 1. The van der Waals surface area contributed by atoms with Crippen molar-refractivity contribution in [1.82, 2.24) is 5.32 Å². The first kappa shape index (κ1) is 13.1. The molecule has 1 atom stereocenters. The van der Waals surface area contributed by atoms with E-state index in [4.69, 9.17) is 11.6 Å². The summed E-state index contributed by atoms with van der Waals surface area (Å²) >= 11 is 7.37. The van der Waals surface area contributed by atoms with Crippen LogP contribution in [-0.2, 0) is 0 Å². The number of amides is 1. The van der Waals surface area contributed by atoms with Gasteiger partial charge in [-0.1, -0.05) is 29.3 Å². The molecule has 1 aromatic heterocycles. The van der Waals surface area contributed by atoms with Gasteiger partial charge in [0.15, 0.2) is 0 Å². The molecule has 2 rings (SSSR count). The van der Waals surface area contributed by atoms with Gasteiger partial charge in [0.05, 0.1) is 10.4 Å². The molecule has 0 aliphatic carbocycles. The van der Waals surface area contributed by atoms with Crippen LogP contribution >= 0.6 is 22.9 Å². The second-order valence-electron chi connectivity index (χ2n) is 4.21. The van der Waals surface area contributed by atoms with Gasteiger partial charge in [0, 0.05) is 10.4 Å². The number of carbonyl (C=O) groups is 1. The van der Waals surface area contributed by atoms with Crippen LogP contribution < -0.4 is 5.32 Å². The van der Waals surface area contributed by atoms with Crippen LogP contribution in [0.4, 0.5) is 0 Å². The average Bonchev–Trinajstić information content (AvgIpc) is 2.76. The normalized spacial score (nSPS) is 12.2. The Bertz CT molecular complexity index is 564. The zero-order valence-electron chi connectivity index (χ0n) is 10.2. The standard InChI is InChI=1S/C14H14ClNOS/c1-9-4-3-5-11(8-9)14(17)16-10(2)12-6-7-13(15)18-12/h3-8,10H,1-2H3,(H,16,17). The van der Waals surface area contributed by atoms with Gasteiger partial charge in [-0.2, -0.15) is 0 Å². The highest BCUT2D eigenvalue weighted by molar-refractivity contribution is 7.16. The molecule has 4 heteroatoms. The summed E-state index contributed by atoms with van der Waals surface area (Å²) < 4.78 is 0.738. The molecule has 1 N–H and O–H groups in total. The molecule has 0 radical (unpaired) electrons. The third-order valence-corrected chi connectivity index (χ3v) is 4.06. The number of rotatable bonds is 3. The van der Waals surface area contributed by atoms with Crippen LogP contribution in [0.1, 0.15) is 33.8 Å². The van der Waals surface area contributed by atoms with Gasteiger partial charge in [0.25, 0.3) is 5.91 Å². The Morgan fingerprint density at radius 3 is 2.72 bits per heavy atom. The highest BCUT2D eigenvalue weighted by Crippen LogP contribution is 2.26. The summed E-state index contributed by atoms with van der Waals surface area (Å²) in [4.78, 5) is 13.1. The Kier molecular flexibility index (Phi) is 4.04. The first-order valence-corrected chi connectivity index (χ1v) is 6.88. The molecule has 1 amide bonds. The van der Waals surface area contributed by atoms with Crippen molar-refractivity contribution in [2.45, 2.75) is 19.9 Å². The lowest BCUT2D eigenvalue weighted by atomic mass is 10.1. The summed E-state index contributed by atoms with van der Waals surface area (Å²) in [6.45, 7) is 3.93. The molecule has 2 nitrogen and oxygen atoms in total. The molecule has 0 spiro atoms. The second kappa shape index (κ2) is 5.55. The number of carbonyl (C=O) groups excluding carboxylic acids is 1. The molecule has 0 saturated carbocycles. The van der Waals surface area contributed by atoms with E-state index in [1.165, 1.54) is 11.3 Å². The van der Waals surface area contributed by atoms with Gasteiger partial charge in [-0.05, 0) is 38.1 Å². The van der Waals surface area contributed by atoms with Gasteiger partial charge in [-0.3, -0.25) is 4.79 Å². The van der Waals surface area contributed by atoms with Crippen LogP contribution in [0.25, 0.3) is 0 Å². The van der Waals surface area contributed by atoms with Crippen LogP contribution in [0.2, 0.25) is 4.34 Å². The van der Waals surface area contributed by atoms with Crippen molar-refractivity contribution in [3.63, 3.8) is 0 Å². The Morgan fingerprint density at radius 2 is 2.11 bits per heavy atom. The van der Waals surface area contributed by atoms with E-state index in [1.807, 2.05) is 50.2 Å². The van der Waals surface area contributed by atoms with Crippen molar-refractivity contribution in [3.05, 3.63) is 56.7 Å². The molecule has 1 aromatic carbocycles. The number of halogens is 1. The van der Waals surface area contributed by atoms with Gasteiger partial charge in [0.2, 0.25) is 0 Å². The molecule has 0 aliphatic rings. The number of hydrogen-bond donors (Lipinski definition) is 1. The summed E-state index contributed by atoms with van der Waals surface area (Å²) in [6, 6.07) is 11.3. The number of nitrogens with one attached hydrogen (secondary N) is 1. The molecule has 94 valence electrons. The number of hydrogen-bond acceptors (Lipinski definition) is 2. The maximum atomic E-state index is 12.0. The van der Waals surface area contributed by atoms with Crippen molar-refractivity contribution in [2.75, 3.05) is 0 Å². The molecule has 1 heterocycles. The second-order valence-corrected chi connectivity index (χ2v) is 5.95. The smallest absolute Gasteiger partial charge is 0.251 e. The lowest BCUT2D eigenvalue weighted by molar-refractivity contribution is 0.0940. The lowest BCUT2D eigenvalue weighted by Crippen LogP contribution is -2.26. The first-order valence-electron chi connectivity index (χ1n) is 5.69. The van der Waals surface area contributed by atoms with E-state index < -0.39 is 0 Å². The lowest BCUT2D eigenvalue weighted by Gasteiger charge is -2.12. The van der Waals surface area contributed by atoms with Crippen LogP contribution in [-0.4, -0.2) is 5.91 Å². The Labute approximate surface area is 116 Å². The average molecular weight is 280 g/mol. The zero-order valence-corrected chi connectivity index (χ0v) is 11.8.